The van der Waals surface area contributed by atoms with Crippen molar-refractivity contribution in [3.63, 3.8) is 0 Å². The van der Waals surface area contributed by atoms with Crippen molar-refractivity contribution >= 4 is 45.0 Å². The van der Waals surface area contributed by atoms with Crippen LogP contribution in [0.15, 0.2) is 22.7 Å². The highest BCUT2D eigenvalue weighted by molar-refractivity contribution is 9.10. The number of anilines is 1. The largest absolute Gasteiger partial charge is 0.381 e. The van der Waals surface area contributed by atoms with E-state index in [2.05, 4.69) is 21.2 Å². The lowest BCUT2D eigenvalue weighted by Gasteiger charge is -2.13. The lowest BCUT2D eigenvalue weighted by Crippen LogP contribution is -2.17. The number of thioether (sulfide) groups is 1. The zero-order valence-electron chi connectivity index (χ0n) is 7.59. The highest BCUT2D eigenvalue weighted by atomic mass is 79.9. The molecule has 2 rings (SSSR count). The standard InChI is InChI=1S/C10H11BrClNS/c11-9-5-7(1-2-10(9)12)13-8-3-4-14-6-8/h1-2,5,8,13H,3-4,6H2/t8-/m1/s1. The molecule has 14 heavy (non-hydrogen) atoms. The maximum absolute atomic E-state index is 5.92. The van der Waals surface area contributed by atoms with Crippen LogP contribution in [0.3, 0.4) is 0 Å². The molecule has 0 aromatic heterocycles. The summed E-state index contributed by atoms with van der Waals surface area (Å²) in [6.07, 6.45) is 1.25. The first kappa shape index (κ1) is 10.7. The molecule has 1 fully saturated rings. The molecular weight excluding hydrogens is 282 g/mol. The first-order chi connectivity index (χ1) is 6.75. The van der Waals surface area contributed by atoms with Gasteiger partial charge in [-0.1, -0.05) is 11.6 Å². The maximum atomic E-state index is 5.92. The van der Waals surface area contributed by atoms with Crippen molar-refractivity contribution in [3.8, 4) is 0 Å². The second-order valence-electron chi connectivity index (χ2n) is 3.33. The zero-order valence-corrected chi connectivity index (χ0v) is 10.8. The van der Waals surface area contributed by atoms with Gasteiger partial charge < -0.3 is 5.32 Å². The fourth-order valence-corrected chi connectivity index (χ4v) is 3.12. The smallest absolute Gasteiger partial charge is 0.0549 e. The first-order valence-electron chi connectivity index (χ1n) is 4.55. The monoisotopic (exact) mass is 291 g/mol. The summed E-state index contributed by atoms with van der Waals surface area (Å²) in [5.41, 5.74) is 1.15. The lowest BCUT2D eigenvalue weighted by molar-refractivity contribution is 0.813. The molecule has 0 spiro atoms. The zero-order chi connectivity index (χ0) is 9.97. The van der Waals surface area contributed by atoms with E-state index >= 15 is 0 Å². The van der Waals surface area contributed by atoms with Gasteiger partial charge >= 0.3 is 0 Å². The van der Waals surface area contributed by atoms with Crippen LogP contribution in [0.4, 0.5) is 5.69 Å². The third-order valence-corrected chi connectivity index (χ3v) is 4.60. The van der Waals surface area contributed by atoms with Gasteiger partial charge in [0.05, 0.1) is 5.02 Å². The van der Waals surface area contributed by atoms with Crippen LogP contribution in [0.1, 0.15) is 6.42 Å². The summed E-state index contributed by atoms with van der Waals surface area (Å²) in [6, 6.07) is 6.59. The van der Waals surface area contributed by atoms with Gasteiger partial charge in [0.25, 0.3) is 0 Å². The average Bonchev–Trinajstić information content (AvgIpc) is 2.64. The highest BCUT2D eigenvalue weighted by Crippen LogP contribution is 2.27. The quantitative estimate of drug-likeness (QED) is 0.883. The summed E-state index contributed by atoms with van der Waals surface area (Å²) in [4.78, 5) is 0. The molecule has 1 heterocycles. The Morgan fingerprint density at radius 1 is 1.50 bits per heavy atom. The van der Waals surface area contributed by atoms with E-state index < -0.39 is 0 Å². The van der Waals surface area contributed by atoms with Gasteiger partial charge in [0.15, 0.2) is 0 Å². The van der Waals surface area contributed by atoms with E-state index in [1.807, 2.05) is 30.0 Å². The number of rotatable bonds is 2. The SMILES string of the molecule is Clc1ccc(N[C@@H]2CCSC2)cc1Br. The molecular formula is C10H11BrClNS. The Morgan fingerprint density at radius 2 is 2.36 bits per heavy atom. The Labute approximate surface area is 102 Å². The maximum Gasteiger partial charge on any atom is 0.0549 e. The van der Waals surface area contributed by atoms with Crippen LogP contribution in [-0.4, -0.2) is 17.5 Å². The van der Waals surface area contributed by atoms with Crippen molar-refractivity contribution in [2.75, 3.05) is 16.8 Å². The molecule has 1 atom stereocenters. The fraction of sp³-hybridized carbons (Fsp3) is 0.400. The van der Waals surface area contributed by atoms with Crippen molar-refractivity contribution in [3.05, 3.63) is 27.7 Å². The molecule has 1 N–H and O–H groups in total. The first-order valence-corrected chi connectivity index (χ1v) is 6.87. The van der Waals surface area contributed by atoms with Gasteiger partial charge in [0, 0.05) is 22.0 Å². The fourth-order valence-electron chi connectivity index (χ4n) is 1.47. The minimum atomic E-state index is 0.619. The van der Waals surface area contributed by atoms with Gasteiger partial charge in [-0.05, 0) is 46.3 Å². The van der Waals surface area contributed by atoms with E-state index in [9.17, 15) is 0 Å². The molecule has 0 saturated carbocycles. The van der Waals surface area contributed by atoms with Crippen molar-refractivity contribution in [1.29, 1.82) is 0 Å². The molecule has 0 bridgehead atoms. The number of hydrogen-bond donors (Lipinski definition) is 1. The predicted molar refractivity (Wildman–Crippen MR) is 68.5 cm³/mol. The summed E-state index contributed by atoms with van der Waals surface area (Å²) in [6.45, 7) is 0. The van der Waals surface area contributed by atoms with Crippen LogP contribution in [0.2, 0.25) is 5.02 Å². The molecule has 1 aromatic carbocycles. The Bertz CT molecular complexity index is 326. The van der Waals surface area contributed by atoms with Gasteiger partial charge in [-0.2, -0.15) is 11.8 Å². The number of hydrogen-bond acceptors (Lipinski definition) is 2. The minimum Gasteiger partial charge on any atom is -0.381 e. The Kier molecular flexibility index (Phi) is 3.63. The van der Waals surface area contributed by atoms with Crippen molar-refractivity contribution in [1.82, 2.24) is 0 Å². The van der Waals surface area contributed by atoms with Crippen molar-refractivity contribution in [2.24, 2.45) is 0 Å². The number of benzene rings is 1. The number of halogens is 2. The molecule has 0 aliphatic carbocycles. The van der Waals surface area contributed by atoms with Gasteiger partial charge in [-0.3, -0.25) is 0 Å². The lowest BCUT2D eigenvalue weighted by atomic mass is 10.2. The van der Waals surface area contributed by atoms with E-state index in [1.54, 1.807) is 0 Å². The minimum absolute atomic E-state index is 0.619. The topological polar surface area (TPSA) is 12.0 Å². The molecule has 0 amide bonds. The van der Waals surface area contributed by atoms with Crippen molar-refractivity contribution < 1.29 is 0 Å². The van der Waals surface area contributed by atoms with E-state index in [0.717, 1.165) is 15.2 Å². The second kappa shape index (κ2) is 4.77. The Hall–Kier alpha value is 0.140. The second-order valence-corrected chi connectivity index (χ2v) is 5.75. The van der Waals surface area contributed by atoms with Gasteiger partial charge in [-0.15, -0.1) is 0 Å². The Balaban J connectivity index is 2.05. The highest BCUT2D eigenvalue weighted by Gasteiger charge is 2.14. The summed E-state index contributed by atoms with van der Waals surface area (Å²) < 4.78 is 0.954. The third-order valence-electron chi connectivity index (χ3n) is 2.22. The van der Waals surface area contributed by atoms with E-state index in [1.165, 1.54) is 17.9 Å². The predicted octanol–water partition coefficient (Wildman–Crippen LogP) is 4.02. The van der Waals surface area contributed by atoms with Crippen molar-refractivity contribution in [2.45, 2.75) is 12.5 Å². The van der Waals surface area contributed by atoms with Gasteiger partial charge in [-0.25, -0.2) is 0 Å². The molecule has 1 aliphatic heterocycles. The van der Waals surface area contributed by atoms with Crippen LogP contribution in [-0.2, 0) is 0 Å². The van der Waals surface area contributed by atoms with E-state index in [0.29, 0.717) is 6.04 Å². The van der Waals surface area contributed by atoms with E-state index in [-0.39, 0.29) is 0 Å². The molecule has 1 nitrogen and oxygen atoms in total. The van der Waals surface area contributed by atoms with Crippen LogP contribution in [0.5, 0.6) is 0 Å². The summed E-state index contributed by atoms with van der Waals surface area (Å²) in [5.74, 6) is 2.48. The van der Waals surface area contributed by atoms with Crippen LogP contribution < -0.4 is 5.32 Å². The van der Waals surface area contributed by atoms with Crippen LogP contribution in [0.25, 0.3) is 0 Å². The van der Waals surface area contributed by atoms with Gasteiger partial charge in [0.1, 0.15) is 0 Å². The molecule has 1 saturated heterocycles. The number of nitrogens with one attached hydrogen (secondary N) is 1. The molecule has 0 radical (unpaired) electrons. The summed E-state index contributed by atoms with van der Waals surface area (Å²) in [7, 11) is 0. The summed E-state index contributed by atoms with van der Waals surface area (Å²) in [5, 5.41) is 4.26. The third kappa shape index (κ3) is 2.59. The molecule has 0 unspecified atom stereocenters. The molecule has 76 valence electrons. The summed E-state index contributed by atoms with van der Waals surface area (Å²) >= 11 is 11.3. The average molecular weight is 293 g/mol. The normalized spacial score (nSPS) is 21.1. The molecule has 1 aliphatic rings. The van der Waals surface area contributed by atoms with E-state index in [4.69, 9.17) is 11.6 Å². The van der Waals surface area contributed by atoms with Crippen LogP contribution >= 0.6 is 39.3 Å². The Morgan fingerprint density at radius 3 is 3.00 bits per heavy atom. The molecule has 4 heteroatoms. The molecule has 1 aromatic rings. The van der Waals surface area contributed by atoms with Gasteiger partial charge in [0.2, 0.25) is 0 Å². The van der Waals surface area contributed by atoms with Crippen LogP contribution in [0, 0.1) is 0 Å².